The second-order valence-electron chi connectivity index (χ2n) is 9.40. The summed E-state index contributed by atoms with van der Waals surface area (Å²) >= 11 is 0. The number of Topliss-reactive ketones (excluding diaryl/α,β-unsaturated/α-hetero) is 2. The molecule has 0 saturated heterocycles. The topological polar surface area (TPSA) is 185 Å². The monoisotopic (exact) mass is 473 g/mol. The number of aliphatic hydroxyl groups excluding tert-OH is 3. The van der Waals surface area contributed by atoms with Crippen molar-refractivity contribution >= 4 is 28.9 Å². The van der Waals surface area contributed by atoms with E-state index in [0.717, 1.165) is 0 Å². The maximum absolute atomic E-state index is 13.7. The van der Waals surface area contributed by atoms with Crippen molar-refractivity contribution in [2.75, 3.05) is 33.1 Å². The fourth-order valence-electron chi connectivity index (χ4n) is 5.66. The zero-order chi connectivity index (χ0) is 25.4. The van der Waals surface area contributed by atoms with Crippen molar-refractivity contribution in [3.05, 3.63) is 40.2 Å². The van der Waals surface area contributed by atoms with Crippen molar-refractivity contribution in [2.45, 2.75) is 24.2 Å². The van der Waals surface area contributed by atoms with E-state index in [9.17, 15) is 39.9 Å². The molecule has 0 heterocycles. The Balaban J connectivity index is 2.04. The number of phenolic OH excluding ortho intramolecular Hbond substituents is 1. The number of amides is 1. The van der Waals surface area contributed by atoms with Gasteiger partial charge in [-0.1, -0.05) is 0 Å². The van der Waals surface area contributed by atoms with E-state index < -0.39 is 69.7 Å². The van der Waals surface area contributed by atoms with Gasteiger partial charge in [0.25, 0.3) is 5.91 Å². The third kappa shape index (κ3) is 2.84. The van der Waals surface area contributed by atoms with Crippen LogP contribution in [0.2, 0.25) is 0 Å². The van der Waals surface area contributed by atoms with Gasteiger partial charge in [-0.3, -0.25) is 19.3 Å². The Morgan fingerprint density at radius 3 is 2.26 bits per heavy atom. The molecule has 11 heteroatoms. The summed E-state index contributed by atoms with van der Waals surface area (Å²) in [6.45, 7) is 0. The third-order valence-electron chi connectivity index (χ3n) is 7.14. The average Bonchev–Trinajstić information content (AvgIpc) is 2.73. The van der Waals surface area contributed by atoms with Gasteiger partial charge in [0.1, 0.15) is 22.8 Å². The van der Waals surface area contributed by atoms with E-state index in [4.69, 9.17) is 5.73 Å². The molecule has 3 aliphatic rings. The van der Waals surface area contributed by atoms with Crippen LogP contribution in [0, 0.1) is 11.8 Å². The lowest BCUT2D eigenvalue weighted by Gasteiger charge is -2.52. The molecule has 7 N–H and O–H groups in total. The normalized spacial score (nSPS) is 30.8. The molecular weight excluding hydrogens is 446 g/mol. The minimum absolute atomic E-state index is 0.00236. The Morgan fingerprint density at radius 1 is 1.12 bits per heavy atom. The number of nitrogens with two attached hydrogens (primary N) is 1. The number of phenols is 1. The standard InChI is InChI=1S/C23H27N3O8/c1-25(2)10-5-6-11(27)12-8(10)7-9-13(18(12)29)20(31)23(34)15(17(9)28)16(26(3)4)19(30)14(21(23)32)22(24)33/h5-6,9,15-17,27-29,32,34H,7H2,1-4H3,(H2,24,33)/t9?,15?,16-,17-,23-/m0/s1. The van der Waals surface area contributed by atoms with E-state index in [0.29, 0.717) is 11.3 Å². The van der Waals surface area contributed by atoms with Crippen molar-refractivity contribution < 1.29 is 39.9 Å². The lowest BCUT2D eigenvalue weighted by atomic mass is 9.56. The van der Waals surface area contributed by atoms with Crippen LogP contribution in [-0.2, 0) is 20.8 Å². The Labute approximate surface area is 195 Å². The van der Waals surface area contributed by atoms with Crippen LogP contribution in [0.15, 0.2) is 29.0 Å². The Morgan fingerprint density at radius 2 is 1.74 bits per heavy atom. The smallest absolute Gasteiger partial charge is 0.255 e. The van der Waals surface area contributed by atoms with Gasteiger partial charge < -0.3 is 36.2 Å². The minimum Gasteiger partial charge on any atom is -0.508 e. The van der Waals surface area contributed by atoms with Crippen LogP contribution in [-0.4, -0.2) is 93.8 Å². The second kappa shape index (κ2) is 7.55. The zero-order valence-electron chi connectivity index (χ0n) is 19.1. The maximum Gasteiger partial charge on any atom is 0.255 e. The molecule has 0 aromatic heterocycles. The molecule has 34 heavy (non-hydrogen) atoms. The summed E-state index contributed by atoms with van der Waals surface area (Å²) in [5.41, 5.74) is 2.09. The summed E-state index contributed by atoms with van der Waals surface area (Å²) in [6.07, 6.45) is -1.60. The van der Waals surface area contributed by atoms with E-state index in [-0.39, 0.29) is 17.7 Å². The summed E-state index contributed by atoms with van der Waals surface area (Å²) in [5, 5.41) is 55.4. The minimum atomic E-state index is -2.90. The highest BCUT2D eigenvalue weighted by atomic mass is 16.4. The summed E-state index contributed by atoms with van der Waals surface area (Å²) in [4.78, 5) is 41.9. The SMILES string of the molecule is CN(C)c1ccc(O)c2c1CC1C(=C2O)C(=O)[C@]2(O)C(O)=C(C(N)=O)C(=O)[C@@H](N(C)C)C2[C@H]1O. The Kier molecular flexibility index (Phi) is 5.27. The molecule has 0 aliphatic heterocycles. The molecule has 1 fully saturated rings. The molecule has 0 radical (unpaired) electrons. The lowest BCUT2D eigenvalue weighted by Crippen LogP contribution is -2.70. The lowest BCUT2D eigenvalue weighted by molar-refractivity contribution is -0.168. The van der Waals surface area contributed by atoms with Crippen molar-refractivity contribution in [3.63, 3.8) is 0 Å². The highest BCUT2D eigenvalue weighted by Gasteiger charge is 2.67. The molecule has 0 spiro atoms. The van der Waals surface area contributed by atoms with Gasteiger partial charge >= 0.3 is 0 Å². The first kappa shape index (κ1) is 23.7. The van der Waals surface area contributed by atoms with E-state index >= 15 is 0 Å². The molecule has 182 valence electrons. The fraction of sp³-hybridized carbons (Fsp3) is 0.435. The van der Waals surface area contributed by atoms with Gasteiger partial charge in [-0.15, -0.1) is 0 Å². The number of aliphatic hydroxyl groups is 4. The average molecular weight is 473 g/mol. The van der Waals surface area contributed by atoms with Gasteiger partial charge in [0.2, 0.25) is 5.78 Å². The van der Waals surface area contributed by atoms with Crippen molar-refractivity contribution in [1.82, 2.24) is 4.90 Å². The zero-order valence-corrected chi connectivity index (χ0v) is 19.1. The van der Waals surface area contributed by atoms with Crippen LogP contribution in [0.1, 0.15) is 11.1 Å². The number of carbonyl (C=O) groups is 3. The molecule has 3 aliphatic carbocycles. The quantitative estimate of drug-likeness (QED) is 0.298. The molecule has 1 aromatic rings. The van der Waals surface area contributed by atoms with Crippen LogP contribution in [0.3, 0.4) is 0 Å². The number of rotatable bonds is 3. The van der Waals surface area contributed by atoms with Crippen LogP contribution in [0.4, 0.5) is 5.69 Å². The van der Waals surface area contributed by atoms with Gasteiger partial charge in [-0.05, 0) is 38.2 Å². The van der Waals surface area contributed by atoms with Crippen molar-refractivity contribution in [1.29, 1.82) is 0 Å². The molecule has 2 unspecified atom stereocenters. The number of hydrogen-bond acceptors (Lipinski definition) is 10. The van der Waals surface area contributed by atoms with E-state index in [2.05, 4.69) is 0 Å². The number of ketones is 2. The predicted octanol–water partition coefficient (Wildman–Crippen LogP) is -0.999. The number of nitrogens with zero attached hydrogens (tertiary/aromatic N) is 2. The molecule has 11 nitrogen and oxygen atoms in total. The van der Waals surface area contributed by atoms with Gasteiger partial charge in [0, 0.05) is 31.3 Å². The molecule has 4 rings (SSSR count). The highest BCUT2D eigenvalue weighted by molar-refractivity contribution is 6.24. The third-order valence-corrected chi connectivity index (χ3v) is 7.14. The largest absolute Gasteiger partial charge is 0.508 e. The van der Waals surface area contributed by atoms with Crippen LogP contribution in [0.5, 0.6) is 5.75 Å². The van der Waals surface area contributed by atoms with Gasteiger partial charge in [0.15, 0.2) is 11.4 Å². The Hall–Kier alpha value is -3.41. The first-order chi connectivity index (χ1) is 15.8. The molecular formula is C23H27N3O8. The van der Waals surface area contributed by atoms with Crippen molar-refractivity contribution in [2.24, 2.45) is 17.6 Å². The molecule has 1 saturated carbocycles. The first-order valence-electron chi connectivity index (χ1n) is 10.6. The van der Waals surface area contributed by atoms with Crippen LogP contribution in [0.25, 0.3) is 5.76 Å². The number of carbonyl (C=O) groups excluding carboxylic acids is 3. The van der Waals surface area contributed by atoms with E-state index in [1.165, 1.54) is 25.1 Å². The number of primary amides is 1. The number of fused-ring (bicyclic) bond motifs is 3. The van der Waals surface area contributed by atoms with Gasteiger partial charge in [-0.25, -0.2) is 0 Å². The maximum atomic E-state index is 13.7. The fourth-order valence-corrected chi connectivity index (χ4v) is 5.66. The summed E-state index contributed by atoms with van der Waals surface area (Å²) < 4.78 is 0. The molecule has 5 atom stereocenters. The number of hydrogen-bond donors (Lipinski definition) is 6. The Bertz CT molecular complexity index is 1200. The second-order valence-corrected chi connectivity index (χ2v) is 9.40. The number of benzene rings is 1. The van der Waals surface area contributed by atoms with Crippen molar-refractivity contribution in [3.8, 4) is 5.75 Å². The summed E-state index contributed by atoms with van der Waals surface area (Å²) in [6, 6.07) is 1.60. The predicted molar refractivity (Wildman–Crippen MR) is 120 cm³/mol. The molecule has 1 aromatic carbocycles. The van der Waals surface area contributed by atoms with E-state index in [1.54, 1.807) is 25.1 Å². The highest BCUT2D eigenvalue weighted by Crippen LogP contribution is 2.53. The van der Waals surface area contributed by atoms with Gasteiger partial charge in [-0.2, -0.15) is 0 Å². The summed E-state index contributed by atoms with van der Waals surface area (Å²) in [7, 11) is 6.42. The first-order valence-corrected chi connectivity index (χ1v) is 10.6. The number of likely N-dealkylation sites (N-methyl/N-ethyl adjacent to an activating group) is 1. The van der Waals surface area contributed by atoms with Crippen LogP contribution < -0.4 is 10.6 Å². The number of aromatic hydroxyl groups is 1. The molecule has 1 amide bonds. The summed E-state index contributed by atoms with van der Waals surface area (Å²) in [5.74, 6) is -8.31. The number of anilines is 1. The van der Waals surface area contributed by atoms with E-state index in [1.807, 2.05) is 0 Å². The molecule has 0 bridgehead atoms. The van der Waals surface area contributed by atoms with Crippen LogP contribution >= 0.6 is 0 Å². The van der Waals surface area contributed by atoms with Gasteiger partial charge in [0.05, 0.1) is 23.6 Å².